The lowest BCUT2D eigenvalue weighted by Gasteiger charge is -2.34. The van der Waals surface area contributed by atoms with Gasteiger partial charge in [-0.05, 0) is 5.56 Å². The fourth-order valence-electron chi connectivity index (χ4n) is 3.85. The fraction of sp³-hybridized carbons (Fsp3) is 0.364. The average molecular weight is 422 g/mol. The molecule has 1 aromatic carbocycles. The third-order valence-corrected chi connectivity index (χ3v) is 5.69. The van der Waals surface area contributed by atoms with Crippen LogP contribution in [0, 0.1) is 0 Å². The standard InChI is InChI=1S/C22H26N6O3/c1-24-16-23-20-19(24)21(30)28(22(31)25(20)2)15-18(29)27-13-11-26(12-14-27)10-6-9-17-7-4-3-5-8-17/h3-9,16H,10-15H2,1-2H3. The monoisotopic (exact) mass is 422 g/mol. The predicted molar refractivity (Wildman–Crippen MR) is 119 cm³/mol. The Bertz CT molecular complexity index is 1230. The molecule has 162 valence electrons. The van der Waals surface area contributed by atoms with Crippen LogP contribution in [0.1, 0.15) is 5.56 Å². The maximum Gasteiger partial charge on any atom is 0.332 e. The van der Waals surface area contributed by atoms with E-state index in [1.54, 1.807) is 23.6 Å². The van der Waals surface area contributed by atoms with Crippen LogP contribution < -0.4 is 11.2 Å². The van der Waals surface area contributed by atoms with Crippen molar-refractivity contribution in [1.29, 1.82) is 0 Å². The van der Waals surface area contributed by atoms with Crippen molar-refractivity contribution in [3.8, 4) is 0 Å². The van der Waals surface area contributed by atoms with Gasteiger partial charge in [-0.25, -0.2) is 14.3 Å². The lowest BCUT2D eigenvalue weighted by Crippen LogP contribution is -2.51. The van der Waals surface area contributed by atoms with Crippen LogP contribution in [0.2, 0.25) is 0 Å². The van der Waals surface area contributed by atoms with Crippen LogP contribution in [-0.2, 0) is 25.4 Å². The smallest absolute Gasteiger partial charge is 0.332 e. The van der Waals surface area contributed by atoms with Gasteiger partial charge in [0.1, 0.15) is 6.54 Å². The van der Waals surface area contributed by atoms with E-state index in [9.17, 15) is 14.4 Å². The molecule has 3 heterocycles. The van der Waals surface area contributed by atoms with Crippen LogP contribution in [0.5, 0.6) is 0 Å². The number of imidazole rings is 1. The van der Waals surface area contributed by atoms with Crippen molar-refractivity contribution in [2.45, 2.75) is 6.54 Å². The number of carbonyl (C=O) groups excluding carboxylic acids is 1. The Morgan fingerprint density at radius 2 is 1.77 bits per heavy atom. The van der Waals surface area contributed by atoms with Crippen molar-refractivity contribution in [2.75, 3.05) is 32.7 Å². The Hall–Kier alpha value is -3.46. The molecule has 0 N–H and O–H groups in total. The number of aryl methyl sites for hydroxylation is 2. The quantitative estimate of drug-likeness (QED) is 0.590. The summed E-state index contributed by atoms with van der Waals surface area (Å²) in [7, 11) is 3.25. The highest BCUT2D eigenvalue weighted by molar-refractivity contribution is 5.77. The third kappa shape index (κ3) is 4.22. The molecule has 1 aliphatic heterocycles. The van der Waals surface area contributed by atoms with Crippen molar-refractivity contribution in [3.63, 3.8) is 0 Å². The first-order valence-corrected chi connectivity index (χ1v) is 10.3. The zero-order chi connectivity index (χ0) is 22.0. The first-order valence-electron chi connectivity index (χ1n) is 10.3. The van der Waals surface area contributed by atoms with Gasteiger partial charge >= 0.3 is 5.69 Å². The highest BCUT2D eigenvalue weighted by atomic mass is 16.2. The normalized spacial score (nSPS) is 15.2. The van der Waals surface area contributed by atoms with Crippen LogP contribution in [0.15, 0.2) is 52.3 Å². The number of aromatic nitrogens is 4. The molecule has 9 nitrogen and oxygen atoms in total. The van der Waals surface area contributed by atoms with Crippen molar-refractivity contribution in [3.05, 3.63) is 69.1 Å². The summed E-state index contributed by atoms with van der Waals surface area (Å²) in [4.78, 5) is 46.3. The van der Waals surface area contributed by atoms with Crippen LogP contribution in [-0.4, -0.2) is 67.1 Å². The van der Waals surface area contributed by atoms with Crippen molar-refractivity contribution in [2.24, 2.45) is 14.1 Å². The summed E-state index contributed by atoms with van der Waals surface area (Å²) in [5.74, 6) is -0.222. The zero-order valence-corrected chi connectivity index (χ0v) is 17.8. The molecule has 0 aliphatic carbocycles. The van der Waals surface area contributed by atoms with Gasteiger partial charge in [0, 0.05) is 46.8 Å². The van der Waals surface area contributed by atoms with Gasteiger partial charge in [0.25, 0.3) is 5.56 Å². The van der Waals surface area contributed by atoms with Gasteiger partial charge in [-0.2, -0.15) is 0 Å². The number of piperazine rings is 1. The Kier molecular flexibility index (Phi) is 5.85. The largest absolute Gasteiger partial charge is 0.339 e. The molecule has 0 saturated carbocycles. The molecular formula is C22H26N6O3. The van der Waals surface area contributed by atoms with Gasteiger partial charge in [0.05, 0.1) is 6.33 Å². The van der Waals surface area contributed by atoms with Crippen molar-refractivity contribution >= 4 is 23.1 Å². The van der Waals surface area contributed by atoms with E-state index in [-0.39, 0.29) is 12.5 Å². The minimum absolute atomic E-state index is 0.222. The molecular weight excluding hydrogens is 396 g/mol. The number of rotatable bonds is 5. The Morgan fingerprint density at radius 3 is 2.48 bits per heavy atom. The van der Waals surface area contributed by atoms with Crippen LogP contribution in [0.3, 0.4) is 0 Å². The van der Waals surface area contributed by atoms with Crippen LogP contribution in [0.25, 0.3) is 17.2 Å². The number of hydrogen-bond donors (Lipinski definition) is 0. The van der Waals surface area contributed by atoms with Gasteiger partial charge in [0.2, 0.25) is 5.91 Å². The number of benzene rings is 1. The second-order valence-corrected chi connectivity index (χ2v) is 7.76. The molecule has 1 fully saturated rings. The van der Waals surface area contributed by atoms with E-state index in [1.165, 1.54) is 10.9 Å². The molecule has 1 saturated heterocycles. The molecule has 0 atom stereocenters. The summed E-state index contributed by atoms with van der Waals surface area (Å²) in [6.07, 6.45) is 5.70. The van der Waals surface area contributed by atoms with Crippen molar-refractivity contribution < 1.29 is 4.79 Å². The second-order valence-electron chi connectivity index (χ2n) is 7.76. The fourth-order valence-corrected chi connectivity index (χ4v) is 3.85. The Morgan fingerprint density at radius 1 is 1.06 bits per heavy atom. The molecule has 9 heteroatoms. The molecule has 4 rings (SSSR count). The van der Waals surface area contributed by atoms with E-state index in [0.717, 1.165) is 29.8 Å². The van der Waals surface area contributed by atoms with E-state index < -0.39 is 11.2 Å². The number of carbonyl (C=O) groups is 1. The van der Waals surface area contributed by atoms with Crippen LogP contribution in [0.4, 0.5) is 0 Å². The lowest BCUT2D eigenvalue weighted by atomic mass is 10.2. The first kappa shape index (κ1) is 20.8. The molecule has 2 aromatic heterocycles. The summed E-state index contributed by atoms with van der Waals surface area (Å²) in [6.45, 7) is 3.19. The van der Waals surface area contributed by atoms with E-state index >= 15 is 0 Å². The summed E-state index contributed by atoms with van der Waals surface area (Å²) in [5.41, 5.74) is 0.766. The summed E-state index contributed by atoms with van der Waals surface area (Å²) in [6, 6.07) is 10.1. The van der Waals surface area contributed by atoms with E-state index in [2.05, 4.69) is 34.2 Å². The summed E-state index contributed by atoms with van der Waals surface area (Å²) in [5, 5.41) is 0. The van der Waals surface area contributed by atoms with Gasteiger partial charge in [-0.3, -0.25) is 19.1 Å². The molecule has 3 aromatic rings. The lowest BCUT2D eigenvalue weighted by molar-refractivity contribution is -0.133. The van der Waals surface area contributed by atoms with Gasteiger partial charge in [0.15, 0.2) is 11.2 Å². The van der Waals surface area contributed by atoms with E-state index in [0.29, 0.717) is 24.3 Å². The van der Waals surface area contributed by atoms with Gasteiger partial charge < -0.3 is 9.47 Å². The number of nitrogens with zero attached hydrogens (tertiary/aromatic N) is 6. The molecule has 0 spiro atoms. The second kappa shape index (κ2) is 8.73. The molecule has 1 amide bonds. The van der Waals surface area contributed by atoms with E-state index in [4.69, 9.17) is 0 Å². The highest BCUT2D eigenvalue weighted by Crippen LogP contribution is 2.06. The molecule has 31 heavy (non-hydrogen) atoms. The molecule has 0 radical (unpaired) electrons. The Labute approximate surface area is 179 Å². The molecule has 1 aliphatic rings. The van der Waals surface area contributed by atoms with Gasteiger partial charge in [-0.15, -0.1) is 0 Å². The minimum atomic E-state index is -0.533. The molecule has 0 unspecified atom stereocenters. The number of fused-ring (bicyclic) bond motifs is 1. The first-order chi connectivity index (χ1) is 15.0. The van der Waals surface area contributed by atoms with Crippen molar-refractivity contribution in [1.82, 2.24) is 28.5 Å². The maximum absolute atomic E-state index is 12.8. The third-order valence-electron chi connectivity index (χ3n) is 5.69. The number of amides is 1. The SMILES string of the molecule is Cn1cnc2c1c(=O)n(CC(=O)N1CCN(CC=Cc3ccccc3)CC1)c(=O)n2C. The Balaban J connectivity index is 1.39. The van der Waals surface area contributed by atoms with E-state index in [1.807, 2.05) is 18.2 Å². The summed E-state index contributed by atoms with van der Waals surface area (Å²) >= 11 is 0. The molecule has 0 bridgehead atoms. The average Bonchev–Trinajstić information content (AvgIpc) is 3.18. The topological polar surface area (TPSA) is 85.4 Å². The summed E-state index contributed by atoms with van der Waals surface area (Å²) < 4.78 is 3.88. The maximum atomic E-state index is 12.8. The highest BCUT2D eigenvalue weighted by Gasteiger charge is 2.23. The van der Waals surface area contributed by atoms with Crippen LogP contribution >= 0.6 is 0 Å². The predicted octanol–water partition coefficient (Wildman–Crippen LogP) is 0.291. The zero-order valence-electron chi connectivity index (χ0n) is 17.8. The minimum Gasteiger partial charge on any atom is -0.339 e. The number of hydrogen-bond acceptors (Lipinski definition) is 5. The van der Waals surface area contributed by atoms with Gasteiger partial charge in [-0.1, -0.05) is 42.5 Å².